The van der Waals surface area contributed by atoms with E-state index in [1.807, 2.05) is 0 Å². The van der Waals surface area contributed by atoms with Gasteiger partial charge in [0.05, 0.1) is 18.6 Å². The Morgan fingerprint density at radius 1 is 1.24 bits per heavy atom. The summed E-state index contributed by atoms with van der Waals surface area (Å²) in [4.78, 5) is 23.3. The number of hydrogen-bond acceptors (Lipinski definition) is 6. The van der Waals surface area contributed by atoms with Crippen LogP contribution in [0.2, 0.25) is 0 Å². The van der Waals surface area contributed by atoms with Crippen molar-refractivity contribution in [2.24, 2.45) is 0 Å². The van der Waals surface area contributed by atoms with E-state index in [4.69, 9.17) is 4.74 Å². The fourth-order valence-electron chi connectivity index (χ4n) is 2.68. The van der Waals surface area contributed by atoms with E-state index >= 15 is 0 Å². The van der Waals surface area contributed by atoms with Crippen LogP contribution in [-0.4, -0.2) is 51.1 Å². The van der Waals surface area contributed by atoms with E-state index in [1.165, 1.54) is 35.7 Å². The number of nitrogens with one attached hydrogen (secondary N) is 1. The highest BCUT2D eigenvalue weighted by molar-refractivity contribution is 7.89. The molecule has 2 rings (SSSR count). The molecule has 1 amide bonds. The molecular weight excluding hydrogens is 348 g/mol. The maximum absolute atomic E-state index is 12.9. The molecule has 1 N–H and O–H groups in total. The number of sulfonamides is 1. The lowest BCUT2D eigenvalue weighted by Crippen LogP contribution is -2.48. The summed E-state index contributed by atoms with van der Waals surface area (Å²) < 4.78 is 36.5. The topological polar surface area (TPSA) is 102 Å². The van der Waals surface area contributed by atoms with Gasteiger partial charge in [0.25, 0.3) is 0 Å². The van der Waals surface area contributed by atoms with Gasteiger partial charge in [0.15, 0.2) is 0 Å². The zero-order chi connectivity index (χ0) is 18.4. The molecule has 0 radical (unpaired) electrons. The Morgan fingerprint density at radius 2 is 1.92 bits per heavy atom. The smallest absolute Gasteiger partial charge is 0.411 e. The maximum atomic E-state index is 12.9. The predicted molar refractivity (Wildman–Crippen MR) is 90.6 cm³/mol. The first-order chi connectivity index (χ1) is 11.9. The Kier molecular flexibility index (Phi) is 6.38. The maximum Gasteiger partial charge on any atom is 0.411 e. The van der Waals surface area contributed by atoms with E-state index in [0.29, 0.717) is 18.5 Å². The zero-order valence-corrected chi connectivity index (χ0v) is 15.0. The molecule has 0 saturated carbocycles. The predicted octanol–water partition coefficient (Wildman–Crippen LogP) is 1.97. The van der Waals surface area contributed by atoms with E-state index in [0.717, 1.165) is 6.42 Å². The molecule has 1 aromatic rings. The van der Waals surface area contributed by atoms with Gasteiger partial charge in [0, 0.05) is 12.2 Å². The molecule has 0 spiro atoms. The number of benzene rings is 1. The quantitative estimate of drug-likeness (QED) is 0.795. The van der Waals surface area contributed by atoms with Crippen LogP contribution in [0.5, 0.6) is 0 Å². The normalized spacial score (nSPS) is 18.4. The van der Waals surface area contributed by atoms with Crippen LogP contribution in [0.3, 0.4) is 0 Å². The molecule has 1 saturated heterocycles. The van der Waals surface area contributed by atoms with Crippen LogP contribution in [0.15, 0.2) is 29.2 Å². The van der Waals surface area contributed by atoms with Crippen molar-refractivity contribution in [3.63, 3.8) is 0 Å². The van der Waals surface area contributed by atoms with Gasteiger partial charge in [-0.25, -0.2) is 13.2 Å². The van der Waals surface area contributed by atoms with Crippen molar-refractivity contribution in [3.8, 4) is 0 Å². The third-order valence-electron chi connectivity index (χ3n) is 3.91. The monoisotopic (exact) mass is 370 g/mol. The van der Waals surface area contributed by atoms with Crippen molar-refractivity contribution in [2.45, 2.75) is 37.1 Å². The molecular formula is C16H22N2O6S. The van der Waals surface area contributed by atoms with Gasteiger partial charge in [-0.1, -0.05) is 0 Å². The summed E-state index contributed by atoms with van der Waals surface area (Å²) in [5, 5.41) is 2.45. The van der Waals surface area contributed by atoms with Crippen molar-refractivity contribution in [2.75, 3.05) is 25.6 Å². The van der Waals surface area contributed by atoms with Gasteiger partial charge in [0.2, 0.25) is 10.0 Å². The lowest BCUT2D eigenvalue weighted by atomic mass is 10.1. The molecule has 1 aromatic carbocycles. The standard InChI is InChI=1S/C16H22N2O6S/c1-3-24-15(19)14-6-4-5-11-18(14)25(21,22)13-9-7-12(8-10-13)17-16(20)23-2/h7-10,14H,3-6,11H2,1-2H3,(H,17,20). The second kappa shape index (κ2) is 8.30. The largest absolute Gasteiger partial charge is 0.465 e. The summed E-state index contributed by atoms with van der Waals surface area (Å²) in [7, 11) is -2.60. The summed E-state index contributed by atoms with van der Waals surface area (Å²) in [6.07, 6.45) is 1.27. The average molecular weight is 370 g/mol. The number of esters is 1. The van der Waals surface area contributed by atoms with Crippen LogP contribution in [0.4, 0.5) is 10.5 Å². The number of nitrogens with zero attached hydrogens (tertiary/aromatic N) is 1. The summed E-state index contributed by atoms with van der Waals surface area (Å²) >= 11 is 0. The first-order valence-electron chi connectivity index (χ1n) is 8.03. The molecule has 8 nitrogen and oxygen atoms in total. The first-order valence-corrected chi connectivity index (χ1v) is 9.47. The molecule has 0 aliphatic carbocycles. The van der Waals surface area contributed by atoms with Gasteiger partial charge in [-0.15, -0.1) is 0 Å². The van der Waals surface area contributed by atoms with E-state index < -0.39 is 28.1 Å². The van der Waals surface area contributed by atoms with E-state index in [2.05, 4.69) is 10.1 Å². The molecule has 9 heteroatoms. The lowest BCUT2D eigenvalue weighted by molar-refractivity contribution is -0.148. The number of hydrogen-bond donors (Lipinski definition) is 1. The van der Waals surface area contributed by atoms with Crippen LogP contribution < -0.4 is 5.32 Å². The van der Waals surface area contributed by atoms with Crippen LogP contribution in [0.1, 0.15) is 26.2 Å². The van der Waals surface area contributed by atoms with Gasteiger partial charge < -0.3 is 9.47 Å². The highest BCUT2D eigenvalue weighted by Crippen LogP contribution is 2.27. The van der Waals surface area contributed by atoms with Gasteiger partial charge in [-0.05, 0) is 50.5 Å². The molecule has 1 aliphatic rings. The number of carbonyl (C=O) groups is 2. The number of piperidine rings is 1. The zero-order valence-electron chi connectivity index (χ0n) is 14.2. The summed E-state index contributed by atoms with van der Waals surface area (Å²) in [5.41, 5.74) is 0.409. The molecule has 138 valence electrons. The molecule has 1 heterocycles. The minimum absolute atomic E-state index is 0.0547. The second-order valence-electron chi connectivity index (χ2n) is 5.52. The van der Waals surface area contributed by atoms with Crippen LogP contribution >= 0.6 is 0 Å². The van der Waals surface area contributed by atoms with Gasteiger partial charge in [-0.3, -0.25) is 10.1 Å². The molecule has 1 fully saturated rings. The third kappa shape index (κ3) is 4.49. The van der Waals surface area contributed by atoms with Gasteiger partial charge in [-0.2, -0.15) is 4.31 Å². The van der Waals surface area contributed by atoms with E-state index in [9.17, 15) is 18.0 Å². The van der Waals surface area contributed by atoms with Crippen molar-refractivity contribution < 1.29 is 27.5 Å². The van der Waals surface area contributed by atoms with Crippen molar-refractivity contribution in [3.05, 3.63) is 24.3 Å². The Morgan fingerprint density at radius 3 is 2.52 bits per heavy atom. The Bertz CT molecular complexity index is 717. The minimum atomic E-state index is -3.84. The summed E-state index contributed by atoms with van der Waals surface area (Å²) in [5.74, 6) is -0.519. The fourth-order valence-corrected chi connectivity index (χ4v) is 4.33. The Hall–Kier alpha value is -2.13. The van der Waals surface area contributed by atoms with E-state index in [-0.39, 0.29) is 18.0 Å². The molecule has 1 atom stereocenters. The number of rotatable bonds is 5. The number of amides is 1. The molecule has 1 unspecified atom stereocenters. The Balaban J connectivity index is 2.23. The van der Waals surface area contributed by atoms with Crippen molar-refractivity contribution in [1.29, 1.82) is 0 Å². The number of methoxy groups -OCH3 is 1. The average Bonchev–Trinajstić information content (AvgIpc) is 2.62. The molecule has 1 aliphatic heterocycles. The van der Waals surface area contributed by atoms with E-state index in [1.54, 1.807) is 6.92 Å². The van der Waals surface area contributed by atoms with Crippen LogP contribution in [0, 0.1) is 0 Å². The number of anilines is 1. The van der Waals surface area contributed by atoms with Crippen molar-refractivity contribution in [1.82, 2.24) is 4.31 Å². The second-order valence-corrected chi connectivity index (χ2v) is 7.41. The van der Waals surface area contributed by atoms with Crippen LogP contribution in [-0.2, 0) is 24.3 Å². The third-order valence-corrected chi connectivity index (χ3v) is 5.83. The SMILES string of the molecule is CCOC(=O)C1CCCCN1S(=O)(=O)c1ccc(NC(=O)OC)cc1. The highest BCUT2D eigenvalue weighted by atomic mass is 32.2. The summed E-state index contributed by atoms with van der Waals surface area (Å²) in [6.45, 7) is 2.16. The number of carbonyl (C=O) groups excluding carboxylic acids is 2. The lowest BCUT2D eigenvalue weighted by Gasteiger charge is -2.32. The molecule has 0 bridgehead atoms. The minimum Gasteiger partial charge on any atom is -0.465 e. The van der Waals surface area contributed by atoms with Crippen molar-refractivity contribution >= 4 is 27.8 Å². The number of ether oxygens (including phenoxy) is 2. The molecule has 25 heavy (non-hydrogen) atoms. The summed E-state index contributed by atoms with van der Waals surface area (Å²) in [6, 6.07) is 4.90. The first kappa shape index (κ1) is 19.2. The van der Waals surface area contributed by atoms with Crippen LogP contribution in [0.25, 0.3) is 0 Å². The Labute approximate surface area is 147 Å². The molecule has 0 aromatic heterocycles. The fraction of sp³-hybridized carbons (Fsp3) is 0.500. The van der Waals surface area contributed by atoms with Gasteiger partial charge >= 0.3 is 12.1 Å². The van der Waals surface area contributed by atoms with Gasteiger partial charge in [0.1, 0.15) is 6.04 Å². The highest BCUT2D eigenvalue weighted by Gasteiger charge is 2.38.